The third kappa shape index (κ3) is 6.01. The number of carbonyl (C=O) groups excluding carboxylic acids is 2. The number of fused-ring (bicyclic) bond motifs is 1. The first-order chi connectivity index (χ1) is 18.1. The Labute approximate surface area is 222 Å². The van der Waals surface area contributed by atoms with E-state index in [0.717, 1.165) is 33.7 Å². The van der Waals surface area contributed by atoms with Gasteiger partial charge >= 0.3 is 0 Å². The van der Waals surface area contributed by atoms with Crippen molar-refractivity contribution in [2.24, 2.45) is 0 Å². The van der Waals surface area contributed by atoms with E-state index in [0.29, 0.717) is 23.6 Å². The Morgan fingerprint density at radius 2 is 1.59 bits per heavy atom. The lowest BCUT2D eigenvalue weighted by molar-refractivity contribution is -0.114. The zero-order valence-electron chi connectivity index (χ0n) is 20.7. The van der Waals surface area contributed by atoms with Crippen molar-refractivity contribution < 1.29 is 9.59 Å². The highest BCUT2D eigenvalue weighted by molar-refractivity contribution is 8.04. The van der Waals surface area contributed by atoms with Gasteiger partial charge in [-0.3, -0.25) is 9.59 Å². The average Bonchev–Trinajstić information content (AvgIpc) is 2.92. The van der Waals surface area contributed by atoms with Gasteiger partial charge in [-0.1, -0.05) is 102 Å². The van der Waals surface area contributed by atoms with Crippen molar-refractivity contribution in [2.45, 2.75) is 24.8 Å². The quantitative estimate of drug-likeness (QED) is 0.287. The maximum absolute atomic E-state index is 13.7. The second-order valence-electron chi connectivity index (χ2n) is 9.08. The second kappa shape index (κ2) is 11.3. The number of nitrogens with zero attached hydrogens (tertiary/aromatic N) is 1. The third-order valence-electron chi connectivity index (χ3n) is 6.25. The summed E-state index contributed by atoms with van der Waals surface area (Å²) in [6, 6.07) is 33.8. The lowest BCUT2D eigenvalue weighted by Crippen LogP contribution is -2.34. The van der Waals surface area contributed by atoms with E-state index in [9.17, 15) is 9.59 Å². The molecular weight excluding hydrogens is 476 g/mol. The van der Waals surface area contributed by atoms with Crippen LogP contribution in [0.2, 0.25) is 0 Å². The van der Waals surface area contributed by atoms with Crippen molar-refractivity contribution in [2.75, 3.05) is 11.4 Å². The maximum atomic E-state index is 13.7. The third-order valence-corrected chi connectivity index (χ3v) is 7.33. The number of hydrogen-bond donors (Lipinski definition) is 1. The number of carbonyl (C=O) groups is 2. The van der Waals surface area contributed by atoms with Crippen LogP contribution in [0.3, 0.4) is 0 Å². The number of nitrogens with one attached hydrogen (secondary N) is 1. The number of thioether (sulfide) groups is 1. The highest BCUT2D eigenvalue weighted by atomic mass is 32.2. The van der Waals surface area contributed by atoms with E-state index in [1.54, 1.807) is 4.90 Å². The molecule has 4 aromatic carbocycles. The van der Waals surface area contributed by atoms with Crippen LogP contribution in [0.5, 0.6) is 0 Å². The summed E-state index contributed by atoms with van der Waals surface area (Å²) in [6.45, 7) is 3.02. The normalized spacial score (nSPS) is 13.9. The van der Waals surface area contributed by atoms with E-state index >= 15 is 0 Å². The molecule has 2 amide bonds. The fourth-order valence-corrected chi connectivity index (χ4v) is 5.41. The van der Waals surface area contributed by atoms with Crippen LogP contribution in [0.1, 0.15) is 32.6 Å². The van der Waals surface area contributed by atoms with Gasteiger partial charge in [0.05, 0.1) is 17.1 Å². The zero-order chi connectivity index (χ0) is 25.6. The molecule has 5 heteroatoms. The van der Waals surface area contributed by atoms with Gasteiger partial charge < -0.3 is 10.2 Å². The summed E-state index contributed by atoms with van der Waals surface area (Å²) in [5, 5.41) is 3.02. The molecular formula is C32H28N2O2S. The van der Waals surface area contributed by atoms with E-state index in [1.165, 1.54) is 17.3 Å². The lowest BCUT2D eigenvalue weighted by Gasteiger charge is -2.31. The highest BCUT2D eigenvalue weighted by Crippen LogP contribution is 2.43. The number of benzene rings is 4. The van der Waals surface area contributed by atoms with Crippen molar-refractivity contribution >= 4 is 35.3 Å². The minimum Gasteiger partial charge on any atom is -0.352 e. The largest absolute Gasteiger partial charge is 0.352 e. The fraction of sp³-hybridized carbons (Fsp3) is 0.125. The number of anilines is 1. The lowest BCUT2D eigenvalue weighted by atomic mass is 10.1. The van der Waals surface area contributed by atoms with E-state index in [4.69, 9.17) is 0 Å². The van der Waals surface area contributed by atoms with Crippen molar-refractivity contribution in [3.8, 4) is 0 Å². The average molecular weight is 505 g/mol. The SMILES string of the molecule is Cc1cccc(CN2C(=O)C(=Cc3ccccc3)Sc3ccc(C(=O)NCCc4ccccc4)cc32)c1. The van der Waals surface area contributed by atoms with Crippen LogP contribution in [-0.2, 0) is 17.8 Å². The fourth-order valence-electron chi connectivity index (χ4n) is 4.37. The van der Waals surface area contributed by atoms with Gasteiger partial charge in [0.1, 0.15) is 0 Å². The Balaban J connectivity index is 1.42. The number of amides is 2. The van der Waals surface area contributed by atoms with Crippen molar-refractivity contribution in [1.82, 2.24) is 5.32 Å². The van der Waals surface area contributed by atoms with Crippen LogP contribution in [0.4, 0.5) is 5.69 Å². The summed E-state index contributed by atoms with van der Waals surface area (Å²) in [5.74, 6) is -0.207. The minimum absolute atomic E-state index is 0.0653. The standard InChI is InChI=1S/C32H28N2O2S/c1-23-9-8-14-26(19-23)22-34-28-21-27(31(35)33-18-17-24-10-4-2-5-11-24)15-16-29(28)37-30(32(34)36)20-25-12-6-3-7-13-25/h2-16,19-21H,17-18,22H2,1H3,(H,33,35). The van der Waals surface area contributed by atoms with Crippen molar-refractivity contribution in [1.29, 1.82) is 0 Å². The summed E-state index contributed by atoms with van der Waals surface area (Å²) in [7, 11) is 0. The molecule has 0 unspecified atom stereocenters. The number of hydrogen-bond acceptors (Lipinski definition) is 3. The number of aryl methyl sites for hydroxylation is 1. The Kier molecular flexibility index (Phi) is 7.52. The van der Waals surface area contributed by atoms with Gasteiger partial charge in [-0.25, -0.2) is 0 Å². The van der Waals surface area contributed by atoms with Crippen LogP contribution >= 0.6 is 11.8 Å². The molecule has 0 aliphatic carbocycles. The first-order valence-electron chi connectivity index (χ1n) is 12.3. The molecule has 4 nitrogen and oxygen atoms in total. The molecule has 0 bridgehead atoms. The van der Waals surface area contributed by atoms with E-state index in [1.807, 2.05) is 97.9 Å². The molecule has 4 aromatic rings. The van der Waals surface area contributed by atoms with E-state index in [-0.39, 0.29) is 11.8 Å². The van der Waals surface area contributed by atoms with Gasteiger partial charge in [-0.15, -0.1) is 0 Å². The Bertz CT molecular complexity index is 1450. The second-order valence-corrected chi connectivity index (χ2v) is 10.2. The summed E-state index contributed by atoms with van der Waals surface area (Å²) < 4.78 is 0. The monoisotopic (exact) mass is 504 g/mol. The summed E-state index contributed by atoms with van der Waals surface area (Å²) in [6.07, 6.45) is 2.70. The molecule has 0 radical (unpaired) electrons. The molecule has 1 N–H and O–H groups in total. The van der Waals surface area contributed by atoms with Crippen LogP contribution < -0.4 is 10.2 Å². The molecule has 0 fully saturated rings. The van der Waals surface area contributed by atoms with Crippen molar-refractivity contribution in [3.63, 3.8) is 0 Å². The molecule has 0 spiro atoms. The van der Waals surface area contributed by atoms with Gasteiger partial charge in [0, 0.05) is 17.0 Å². The molecule has 1 aliphatic rings. The summed E-state index contributed by atoms with van der Waals surface area (Å²) in [5.41, 5.74) is 5.65. The Hall–Kier alpha value is -4.09. The van der Waals surface area contributed by atoms with Gasteiger partial charge in [0.25, 0.3) is 11.8 Å². The predicted molar refractivity (Wildman–Crippen MR) is 152 cm³/mol. The number of rotatable bonds is 7. The minimum atomic E-state index is -0.141. The molecule has 184 valence electrons. The maximum Gasteiger partial charge on any atom is 0.265 e. The molecule has 37 heavy (non-hydrogen) atoms. The zero-order valence-corrected chi connectivity index (χ0v) is 21.5. The highest BCUT2D eigenvalue weighted by Gasteiger charge is 2.30. The smallest absolute Gasteiger partial charge is 0.265 e. The molecule has 0 saturated heterocycles. The first-order valence-corrected chi connectivity index (χ1v) is 13.2. The van der Waals surface area contributed by atoms with Gasteiger partial charge in [-0.05, 0) is 54.3 Å². The molecule has 0 atom stereocenters. The van der Waals surface area contributed by atoms with Crippen LogP contribution in [0.15, 0.2) is 113 Å². The molecule has 1 heterocycles. The summed E-state index contributed by atoms with van der Waals surface area (Å²) >= 11 is 1.45. The Morgan fingerprint density at radius 1 is 0.865 bits per heavy atom. The molecule has 1 aliphatic heterocycles. The van der Waals surface area contributed by atoms with Crippen LogP contribution in [0.25, 0.3) is 6.08 Å². The Morgan fingerprint density at radius 3 is 2.35 bits per heavy atom. The van der Waals surface area contributed by atoms with E-state index < -0.39 is 0 Å². The molecule has 0 saturated carbocycles. The van der Waals surface area contributed by atoms with Crippen LogP contribution in [0, 0.1) is 6.92 Å². The predicted octanol–water partition coefficient (Wildman–Crippen LogP) is 6.65. The molecule has 0 aromatic heterocycles. The summed E-state index contributed by atoms with van der Waals surface area (Å²) in [4.78, 5) is 30.1. The van der Waals surface area contributed by atoms with Gasteiger partial charge in [0.2, 0.25) is 0 Å². The first kappa shape index (κ1) is 24.6. The van der Waals surface area contributed by atoms with Gasteiger partial charge in [-0.2, -0.15) is 0 Å². The molecule has 5 rings (SSSR count). The van der Waals surface area contributed by atoms with Gasteiger partial charge in [0.15, 0.2) is 0 Å². The van der Waals surface area contributed by atoms with Crippen LogP contribution in [-0.4, -0.2) is 18.4 Å². The van der Waals surface area contributed by atoms with Crippen molar-refractivity contribution in [3.05, 3.63) is 136 Å². The topological polar surface area (TPSA) is 49.4 Å². The van der Waals surface area contributed by atoms with E-state index in [2.05, 4.69) is 23.5 Å².